The molecule has 1 spiro atoms. The SMILES string of the molecule is Cc1ccc(C(=O)N2CCC3(CC2)C[C@H](N2CCCC2)CO3)cn1. The van der Waals surface area contributed by atoms with E-state index in [9.17, 15) is 4.79 Å². The van der Waals surface area contributed by atoms with Gasteiger partial charge in [0.15, 0.2) is 0 Å². The molecule has 3 aliphatic rings. The van der Waals surface area contributed by atoms with Gasteiger partial charge in [0.1, 0.15) is 0 Å². The Bertz CT molecular complexity index is 587. The van der Waals surface area contributed by atoms with Crippen LogP contribution in [0.5, 0.6) is 0 Å². The van der Waals surface area contributed by atoms with E-state index < -0.39 is 0 Å². The number of nitrogens with zero attached hydrogens (tertiary/aromatic N) is 3. The lowest BCUT2D eigenvalue weighted by Gasteiger charge is -2.39. The number of likely N-dealkylation sites (tertiary alicyclic amines) is 2. The van der Waals surface area contributed by atoms with E-state index in [-0.39, 0.29) is 11.5 Å². The quantitative estimate of drug-likeness (QED) is 0.835. The van der Waals surface area contributed by atoms with Gasteiger partial charge in [0, 0.05) is 31.0 Å². The fourth-order valence-corrected chi connectivity index (χ4v) is 4.40. The number of hydrogen-bond acceptors (Lipinski definition) is 4. The minimum Gasteiger partial charge on any atom is -0.373 e. The molecule has 0 aromatic carbocycles. The van der Waals surface area contributed by atoms with Crippen LogP contribution in [-0.2, 0) is 4.74 Å². The molecule has 5 nitrogen and oxygen atoms in total. The summed E-state index contributed by atoms with van der Waals surface area (Å²) in [6.07, 6.45) is 7.41. The number of carbonyl (C=O) groups is 1. The second-order valence-corrected chi connectivity index (χ2v) is 7.58. The Morgan fingerprint density at radius 1 is 1.21 bits per heavy atom. The van der Waals surface area contributed by atoms with Crippen LogP contribution in [0.15, 0.2) is 18.3 Å². The van der Waals surface area contributed by atoms with Crippen molar-refractivity contribution in [2.24, 2.45) is 0 Å². The van der Waals surface area contributed by atoms with Crippen LogP contribution in [0.25, 0.3) is 0 Å². The summed E-state index contributed by atoms with van der Waals surface area (Å²) >= 11 is 0. The Hall–Kier alpha value is -1.46. The third-order valence-electron chi connectivity index (χ3n) is 5.97. The van der Waals surface area contributed by atoms with Crippen molar-refractivity contribution in [2.45, 2.75) is 50.7 Å². The summed E-state index contributed by atoms with van der Waals surface area (Å²) in [6, 6.07) is 4.38. The van der Waals surface area contributed by atoms with Crippen LogP contribution in [0, 0.1) is 6.92 Å². The Balaban J connectivity index is 1.35. The molecule has 130 valence electrons. The van der Waals surface area contributed by atoms with Crippen LogP contribution in [-0.4, -0.2) is 65.1 Å². The van der Waals surface area contributed by atoms with E-state index in [0.29, 0.717) is 11.6 Å². The molecule has 0 saturated carbocycles. The third kappa shape index (κ3) is 3.07. The Kier molecular flexibility index (Phi) is 4.31. The number of aryl methyl sites for hydroxylation is 1. The molecule has 3 saturated heterocycles. The highest BCUT2D eigenvalue weighted by atomic mass is 16.5. The summed E-state index contributed by atoms with van der Waals surface area (Å²) in [7, 11) is 0. The zero-order valence-corrected chi connectivity index (χ0v) is 14.5. The maximum Gasteiger partial charge on any atom is 0.255 e. The second-order valence-electron chi connectivity index (χ2n) is 7.58. The van der Waals surface area contributed by atoms with Crippen molar-refractivity contribution in [1.29, 1.82) is 0 Å². The summed E-state index contributed by atoms with van der Waals surface area (Å²) in [5, 5.41) is 0. The first kappa shape index (κ1) is 16.0. The van der Waals surface area contributed by atoms with Crippen LogP contribution >= 0.6 is 0 Å². The average molecular weight is 329 g/mol. The fraction of sp³-hybridized carbons (Fsp3) is 0.684. The molecule has 0 bridgehead atoms. The van der Waals surface area contributed by atoms with Crippen molar-refractivity contribution >= 4 is 5.91 Å². The number of aromatic nitrogens is 1. The predicted octanol–water partition coefficient (Wildman–Crippen LogP) is 2.25. The third-order valence-corrected chi connectivity index (χ3v) is 5.97. The highest BCUT2D eigenvalue weighted by Gasteiger charge is 2.45. The lowest BCUT2D eigenvalue weighted by molar-refractivity contribution is -0.0393. The molecule has 0 unspecified atom stereocenters. The largest absolute Gasteiger partial charge is 0.373 e. The zero-order valence-electron chi connectivity index (χ0n) is 14.5. The van der Waals surface area contributed by atoms with Crippen molar-refractivity contribution in [2.75, 3.05) is 32.8 Å². The van der Waals surface area contributed by atoms with Gasteiger partial charge < -0.3 is 9.64 Å². The number of piperidine rings is 1. The molecule has 4 heterocycles. The number of rotatable bonds is 2. The molecule has 3 fully saturated rings. The van der Waals surface area contributed by atoms with Gasteiger partial charge in [0.2, 0.25) is 0 Å². The molecule has 24 heavy (non-hydrogen) atoms. The van der Waals surface area contributed by atoms with E-state index in [1.165, 1.54) is 25.9 Å². The Morgan fingerprint density at radius 3 is 2.62 bits per heavy atom. The average Bonchev–Trinajstić information content (AvgIpc) is 3.26. The van der Waals surface area contributed by atoms with Crippen molar-refractivity contribution < 1.29 is 9.53 Å². The molecule has 1 amide bonds. The normalized spacial score (nSPS) is 27.0. The van der Waals surface area contributed by atoms with Crippen LogP contribution in [0.4, 0.5) is 0 Å². The lowest BCUT2D eigenvalue weighted by atomic mass is 9.87. The van der Waals surface area contributed by atoms with Gasteiger partial charge in [-0.3, -0.25) is 14.7 Å². The van der Waals surface area contributed by atoms with Gasteiger partial charge in [0.25, 0.3) is 5.91 Å². The smallest absolute Gasteiger partial charge is 0.255 e. The van der Waals surface area contributed by atoms with E-state index in [1.807, 2.05) is 24.0 Å². The van der Waals surface area contributed by atoms with Crippen molar-refractivity contribution in [3.8, 4) is 0 Å². The molecule has 1 aromatic rings. The number of pyridine rings is 1. The number of amides is 1. The molecule has 5 heteroatoms. The standard InChI is InChI=1S/C19H27N3O2/c1-15-4-5-16(13-20-15)18(23)22-10-6-19(7-11-22)12-17(14-24-19)21-8-2-3-9-21/h4-5,13,17H,2-3,6-12,14H2,1H3/t17-/m0/s1. The summed E-state index contributed by atoms with van der Waals surface area (Å²) in [6.45, 7) is 6.85. The molecule has 0 N–H and O–H groups in total. The highest BCUT2D eigenvalue weighted by Crippen LogP contribution is 2.38. The Morgan fingerprint density at radius 2 is 1.96 bits per heavy atom. The first-order valence-corrected chi connectivity index (χ1v) is 9.25. The maximum absolute atomic E-state index is 12.6. The first-order valence-electron chi connectivity index (χ1n) is 9.25. The van der Waals surface area contributed by atoms with E-state index in [0.717, 1.165) is 44.7 Å². The van der Waals surface area contributed by atoms with Gasteiger partial charge >= 0.3 is 0 Å². The van der Waals surface area contributed by atoms with E-state index in [1.54, 1.807) is 6.20 Å². The minimum absolute atomic E-state index is 0.00949. The van der Waals surface area contributed by atoms with Gasteiger partial charge in [-0.05, 0) is 64.3 Å². The number of ether oxygens (including phenoxy) is 1. The van der Waals surface area contributed by atoms with Crippen LogP contribution in [0.3, 0.4) is 0 Å². The summed E-state index contributed by atoms with van der Waals surface area (Å²) in [4.78, 5) is 21.4. The molecule has 0 radical (unpaired) electrons. The van der Waals surface area contributed by atoms with E-state index >= 15 is 0 Å². The van der Waals surface area contributed by atoms with Gasteiger partial charge in [-0.1, -0.05) is 0 Å². The van der Waals surface area contributed by atoms with E-state index in [2.05, 4.69) is 9.88 Å². The highest BCUT2D eigenvalue weighted by molar-refractivity contribution is 5.94. The number of hydrogen-bond donors (Lipinski definition) is 0. The summed E-state index contributed by atoms with van der Waals surface area (Å²) in [5.41, 5.74) is 1.64. The van der Waals surface area contributed by atoms with Gasteiger partial charge in [-0.25, -0.2) is 0 Å². The molecule has 3 aliphatic heterocycles. The Labute approximate surface area is 144 Å². The van der Waals surface area contributed by atoms with Gasteiger partial charge in [-0.15, -0.1) is 0 Å². The van der Waals surface area contributed by atoms with Gasteiger partial charge in [0.05, 0.1) is 17.8 Å². The monoisotopic (exact) mass is 329 g/mol. The molecular weight excluding hydrogens is 302 g/mol. The topological polar surface area (TPSA) is 45.7 Å². The van der Waals surface area contributed by atoms with Crippen molar-refractivity contribution in [1.82, 2.24) is 14.8 Å². The van der Waals surface area contributed by atoms with Crippen molar-refractivity contribution in [3.05, 3.63) is 29.6 Å². The zero-order chi connectivity index (χ0) is 16.6. The molecule has 1 atom stereocenters. The molecule has 1 aromatic heterocycles. The van der Waals surface area contributed by atoms with Crippen LogP contribution < -0.4 is 0 Å². The molecular formula is C19H27N3O2. The maximum atomic E-state index is 12.6. The van der Waals surface area contributed by atoms with E-state index in [4.69, 9.17) is 4.74 Å². The molecule has 4 rings (SSSR count). The van der Waals surface area contributed by atoms with Crippen LogP contribution in [0.2, 0.25) is 0 Å². The fourth-order valence-electron chi connectivity index (χ4n) is 4.40. The van der Waals surface area contributed by atoms with Crippen LogP contribution in [0.1, 0.15) is 48.2 Å². The van der Waals surface area contributed by atoms with Crippen molar-refractivity contribution in [3.63, 3.8) is 0 Å². The first-order chi connectivity index (χ1) is 11.7. The second kappa shape index (κ2) is 6.45. The summed E-state index contributed by atoms with van der Waals surface area (Å²) in [5.74, 6) is 0.103. The number of carbonyl (C=O) groups excluding carboxylic acids is 1. The van der Waals surface area contributed by atoms with Gasteiger partial charge in [-0.2, -0.15) is 0 Å². The lowest BCUT2D eigenvalue weighted by Crippen LogP contribution is -2.47. The molecule has 0 aliphatic carbocycles. The minimum atomic E-state index is 0.00949. The summed E-state index contributed by atoms with van der Waals surface area (Å²) < 4.78 is 6.26. The predicted molar refractivity (Wildman–Crippen MR) is 92.0 cm³/mol.